The highest BCUT2D eigenvalue weighted by Gasteiger charge is 2.12. The first-order valence-electron chi connectivity index (χ1n) is 6.21. The second-order valence-electron chi connectivity index (χ2n) is 3.85. The van der Waals surface area contributed by atoms with Gasteiger partial charge in [0.1, 0.15) is 0 Å². The Labute approximate surface area is 115 Å². The van der Waals surface area contributed by atoms with E-state index in [9.17, 15) is 4.79 Å². The van der Waals surface area contributed by atoms with E-state index in [1.807, 2.05) is 13.8 Å². The molecule has 0 aliphatic carbocycles. The molecule has 2 rings (SSSR count). The quantitative estimate of drug-likeness (QED) is 0.865. The van der Waals surface area contributed by atoms with Crippen LogP contribution in [-0.2, 0) is 0 Å². The van der Waals surface area contributed by atoms with E-state index in [-0.39, 0.29) is 5.69 Å². The number of ether oxygens (including phenoxy) is 2. The van der Waals surface area contributed by atoms with E-state index >= 15 is 0 Å². The Hall–Kier alpha value is -2.57. The number of carboxylic acid groups (broad SMARTS) is 1. The third-order valence-electron chi connectivity index (χ3n) is 2.50. The first-order chi connectivity index (χ1) is 9.65. The maximum atomic E-state index is 10.8. The van der Waals surface area contributed by atoms with Crippen LogP contribution in [0.3, 0.4) is 0 Å². The number of carboxylic acids is 1. The van der Waals surface area contributed by atoms with Gasteiger partial charge in [0.15, 0.2) is 17.2 Å². The van der Waals surface area contributed by atoms with E-state index in [0.717, 1.165) is 0 Å². The lowest BCUT2D eigenvalue weighted by Crippen LogP contribution is -2.01. The van der Waals surface area contributed by atoms with Gasteiger partial charge in [-0.1, -0.05) is 5.21 Å². The molecule has 7 nitrogen and oxygen atoms in total. The number of hydrogen-bond acceptors (Lipinski definition) is 5. The van der Waals surface area contributed by atoms with E-state index in [1.54, 1.807) is 18.2 Å². The maximum Gasteiger partial charge on any atom is 0.358 e. The summed E-state index contributed by atoms with van der Waals surface area (Å²) in [6.07, 6.45) is 1.34. The van der Waals surface area contributed by atoms with Gasteiger partial charge in [-0.15, -0.1) is 5.10 Å². The van der Waals surface area contributed by atoms with Crippen LogP contribution in [0.2, 0.25) is 0 Å². The van der Waals surface area contributed by atoms with Crippen LogP contribution in [0.4, 0.5) is 0 Å². The molecule has 7 heteroatoms. The molecule has 0 aliphatic heterocycles. The summed E-state index contributed by atoms with van der Waals surface area (Å²) in [6.45, 7) is 4.80. The molecule has 106 valence electrons. The minimum absolute atomic E-state index is 0.114. The molecule has 0 saturated heterocycles. The zero-order valence-electron chi connectivity index (χ0n) is 11.2. The average Bonchev–Trinajstić information content (AvgIpc) is 2.91. The normalized spacial score (nSPS) is 10.3. The molecule has 1 N–H and O–H groups in total. The summed E-state index contributed by atoms with van der Waals surface area (Å²) >= 11 is 0. The smallest absolute Gasteiger partial charge is 0.358 e. The molecular formula is C13H15N3O4. The highest BCUT2D eigenvalue weighted by molar-refractivity contribution is 5.84. The van der Waals surface area contributed by atoms with E-state index in [1.165, 1.54) is 10.9 Å². The number of rotatable bonds is 6. The predicted molar refractivity (Wildman–Crippen MR) is 70.7 cm³/mol. The minimum Gasteiger partial charge on any atom is -0.490 e. The van der Waals surface area contributed by atoms with Crippen LogP contribution < -0.4 is 9.47 Å². The van der Waals surface area contributed by atoms with Crippen LogP contribution in [0, 0.1) is 0 Å². The topological polar surface area (TPSA) is 86.5 Å². The van der Waals surface area contributed by atoms with Gasteiger partial charge in [-0.05, 0) is 26.0 Å². The van der Waals surface area contributed by atoms with Crippen molar-refractivity contribution in [2.24, 2.45) is 0 Å². The van der Waals surface area contributed by atoms with Crippen molar-refractivity contribution in [3.8, 4) is 17.2 Å². The van der Waals surface area contributed by atoms with Gasteiger partial charge in [0, 0.05) is 6.07 Å². The van der Waals surface area contributed by atoms with Gasteiger partial charge < -0.3 is 14.6 Å². The lowest BCUT2D eigenvalue weighted by Gasteiger charge is -2.12. The largest absolute Gasteiger partial charge is 0.490 e. The fraction of sp³-hybridized carbons (Fsp3) is 0.308. The molecule has 20 heavy (non-hydrogen) atoms. The van der Waals surface area contributed by atoms with Crippen molar-refractivity contribution in [3.63, 3.8) is 0 Å². The van der Waals surface area contributed by atoms with Crippen molar-refractivity contribution in [1.29, 1.82) is 0 Å². The molecule has 0 spiro atoms. The number of nitrogens with zero attached hydrogens (tertiary/aromatic N) is 3. The number of aromatic nitrogens is 3. The highest BCUT2D eigenvalue weighted by atomic mass is 16.5. The van der Waals surface area contributed by atoms with Crippen molar-refractivity contribution >= 4 is 5.97 Å². The van der Waals surface area contributed by atoms with Gasteiger partial charge in [-0.25, -0.2) is 9.48 Å². The lowest BCUT2D eigenvalue weighted by molar-refractivity contribution is 0.0690. The first-order valence-corrected chi connectivity index (χ1v) is 6.21. The van der Waals surface area contributed by atoms with E-state index < -0.39 is 5.97 Å². The van der Waals surface area contributed by atoms with E-state index in [4.69, 9.17) is 14.6 Å². The molecule has 0 atom stereocenters. The van der Waals surface area contributed by atoms with Crippen molar-refractivity contribution in [2.75, 3.05) is 13.2 Å². The summed E-state index contributed by atoms with van der Waals surface area (Å²) in [5, 5.41) is 16.2. The zero-order chi connectivity index (χ0) is 14.5. The molecule has 0 fully saturated rings. The monoisotopic (exact) mass is 277 g/mol. The molecule has 0 aliphatic rings. The Kier molecular flexibility index (Phi) is 4.19. The van der Waals surface area contributed by atoms with Gasteiger partial charge >= 0.3 is 5.97 Å². The Morgan fingerprint density at radius 1 is 1.25 bits per heavy atom. The van der Waals surface area contributed by atoms with Crippen molar-refractivity contribution in [2.45, 2.75) is 13.8 Å². The molecule has 1 aromatic heterocycles. The Morgan fingerprint density at radius 2 is 1.95 bits per heavy atom. The van der Waals surface area contributed by atoms with E-state index in [0.29, 0.717) is 30.4 Å². The van der Waals surface area contributed by atoms with Crippen LogP contribution in [0.15, 0.2) is 24.4 Å². The number of hydrogen-bond donors (Lipinski definition) is 1. The molecule has 0 amide bonds. The first kappa shape index (κ1) is 13.9. The Bertz CT molecular complexity index is 609. The molecule has 2 aromatic rings. The van der Waals surface area contributed by atoms with Crippen molar-refractivity contribution in [1.82, 2.24) is 15.0 Å². The fourth-order valence-electron chi connectivity index (χ4n) is 1.67. The molecule has 0 unspecified atom stereocenters. The van der Waals surface area contributed by atoms with Crippen LogP contribution >= 0.6 is 0 Å². The van der Waals surface area contributed by atoms with Gasteiger partial charge in [0.25, 0.3) is 0 Å². The third-order valence-corrected chi connectivity index (χ3v) is 2.50. The number of benzene rings is 1. The lowest BCUT2D eigenvalue weighted by atomic mass is 10.2. The molecular weight excluding hydrogens is 262 g/mol. The van der Waals surface area contributed by atoms with Crippen LogP contribution in [-0.4, -0.2) is 39.3 Å². The highest BCUT2D eigenvalue weighted by Crippen LogP contribution is 2.29. The second kappa shape index (κ2) is 6.05. The van der Waals surface area contributed by atoms with Gasteiger partial charge in [0.2, 0.25) is 0 Å². The molecule has 0 radical (unpaired) electrons. The maximum absolute atomic E-state index is 10.8. The Morgan fingerprint density at radius 3 is 2.55 bits per heavy atom. The zero-order valence-corrected chi connectivity index (χ0v) is 11.2. The van der Waals surface area contributed by atoms with Gasteiger partial charge in [0.05, 0.1) is 25.1 Å². The van der Waals surface area contributed by atoms with Crippen molar-refractivity contribution < 1.29 is 19.4 Å². The molecule has 0 bridgehead atoms. The van der Waals surface area contributed by atoms with Crippen LogP contribution in [0.1, 0.15) is 24.3 Å². The molecule has 1 aromatic carbocycles. The minimum atomic E-state index is -1.12. The van der Waals surface area contributed by atoms with Crippen molar-refractivity contribution in [3.05, 3.63) is 30.1 Å². The summed E-state index contributed by atoms with van der Waals surface area (Å²) in [5.41, 5.74) is 0.536. The molecule has 1 heterocycles. The predicted octanol–water partition coefficient (Wildman–Crippen LogP) is 1.76. The van der Waals surface area contributed by atoms with Gasteiger partial charge in [-0.3, -0.25) is 0 Å². The third kappa shape index (κ3) is 2.87. The number of aromatic carboxylic acids is 1. The SMILES string of the molecule is CCOc1ccc(-n2cc(C(=O)O)nn2)cc1OCC. The number of carbonyl (C=O) groups is 1. The summed E-state index contributed by atoms with van der Waals surface area (Å²) in [4.78, 5) is 10.8. The summed E-state index contributed by atoms with van der Waals surface area (Å²) < 4.78 is 12.3. The standard InChI is InChI=1S/C13H15N3O4/c1-3-19-11-6-5-9(7-12(11)20-4-2)16-8-10(13(17)18)14-15-16/h5-8H,3-4H2,1-2H3,(H,17,18). The summed E-state index contributed by atoms with van der Waals surface area (Å²) in [7, 11) is 0. The van der Waals surface area contributed by atoms with E-state index in [2.05, 4.69) is 10.3 Å². The van der Waals surface area contributed by atoms with Crippen LogP contribution in [0.5, 0.6) is 11.5 Å². The Balaban J connectivity index is 2.36. The summed E-state index contributed by atoms with van der Waals surface area (Å²) in [6, 6.07) is 5.24. The van der Waals surface area contributed by atoms with Crippen LogP contribution in [0.25, 0.3) is 5.69 Å². The summed E-state index contributed by atoms with van der Waals surface area (Å²) in [5.74, 6) is 0.100. The fourth-order valence-corrected chi connectivity index (χ4v) is 1.67. The van der Waals surface area contributed by atoms with Gasteiger partial charge in [-0.2, -0.15) is 0 Å². The average molecular weight is 277 g/mol. The second-order valence-corrected chi connectivity index (χ2v) is 3.85. The molecule has 0 saturated carbocycles.